The van der Waals surface area contributed by atoms with Crippen LogP contribution in [0.15, 0.2) is 0 Å². The van der Waals surface area contributed by atoms with E-state index >= 15 is 0 Å². The monoisotopic (exact) mass is 284 g/mol. The van der Waals surface area contributed by atoms with E-state index in [0.717, 1.165) is 4.90 Å². The molecule has 0 aromatic carbocycles. The molecule has 0 fully saturated rings. The van der Waals surface area contributed by atoms with E-state index in [4.69, 9.17) is 18.0 Å². The van der Waals surface area contributed by atoms with Gasteiger partial charge >= 0.3 is 0 Å². The van der Waals surface area contributed by atoms with Crippen LogP contribution < -0.4 is 5.73 Å². The van der Waals surface area contributed by atoms with E-state index in [1.165, 1.54) is 0 Å². The molecule has 0 bridgehead atoms. The molecule has 0 aliphatic heterocycles. The number of aliphatic hydroxyl groups is 6. The molecule has 0 unspecified atom stereocenters. The predicted molar refractivity (Wildman–Crippen MR) is 66.6 cm³/mol. The van der Waals surface area contributed by atoms with Crippen LogP contribution in [0.1, 0.15) is 0 Å². The summed E-state index contributed by atoms with van der Waals surface area (Å²) in [5.74, 6) is 0. The van der Waals surface area contributed by atoms with Crippen molar-refractivity contribution in [2.45, 2.75) is 11.1 Å². The molecule has 9 heteroatoms. The molecular weight excluding hydrogens is 264 g/mol. The first-order valence-electron chi connectivity index (χ1n) is 5.18. The molecule has 8 nitrogen and oxygen atoms in total. The molecule has 0 rings (SSSR count). The average Bonchev–Trinajstić information content (AvgIpc) is 2.40. The number of nitrogens with two attached hydrogens (primary N) is 1. The van der Waals surface area contributed by atoms with Crippen LogP contribution in [-0.4, -0.2) is 91.4 Å². The zero-order valence-electron chi connectivity index (χ0n) is 9.86. The highest BCUT2D eigenvalue weighted by atomic mass is 32.1. The highest BCUT2D eigenvalue weighted by Gasteiger charge is 2.48. The van der Waals surface area contributed by atoms with Gasteiger partial charge in [-0.15, -0.1) is 0 Å². The minimum absolute atomic E-state index is 0.385. The van der Waals surface area contributed by atoms with E-state index in [-0.39, 0.29) is 5.11 Å². The first kappa shape index (κ1) is 17.4. The van der Waals surface area contributed by atoms with Crippen molar-refractivity contribution in [3.05, 3.63) is 0 Å². The molecule has 108 valence electrons. The van der Waals surface area contributed by atoms with Gasteiger partial charge < -0.3 is 41.3 Å². The maximum absolute atomic E-state index is 9.32. The maximum atomic E-state index is 9.32. The zero-order chi connectivity index (χ0) is 14.4. The summed E-state index contributed by atoms with van der Waals surface area (Å²) in [6, 6.07) is 0. The van der Waals surface area contributed by atoms with Crippen molar-refractivity contribution in [2.24, 2.45) is 5.73 Å². The molecule has 0 aliphatic rings. The summed E-state index contributed by atoms with van der Waals surface area (Å²) in [6.07, 6.45) is 0. The topological polar surface area (TPSA) is 151 Å². The van der Waals surface area contributed by atoms with Crippen LogP contribution in [0.5, 0.6) is 0 Å². The van der Waals surface area contributed by atoms with Gasteiger partial charge in [0, 0.05) is 0 Å². The summed E-state index contributed by atoms with van der Waals surface area (Å²) in [5.41, 5.74) is 2.06. The van der Waals surface area contributed by atoms with Crippen molar-refractivity contribution in [1.82, 2.24) is 4.90 Å². The lowest BCUT2D eigenvalue weighted by atomic mass is 9.91. The number of nitrogens with zero attached hydrogens (tertiary/aromatic N) is 1. The summed E-state index contributed by atoms with van der Waals surface area (Å²) in [6.45, 7) is -4.42. The van der Waals surface area contributed by atoms with E-state index in [0.29, 0.717) is 0 Å². The largest absolute Gasteiger partial charge is 0.394 e. The molecular formula is C9H20N2O6S. The number of rotatable bonds is 8. The molecule has 0 aromatic rings. The summed E-state index contributed by atoms with van der Waals surface area (Å²) < 4.78 is 0. The fourth-order valence-corrected chi connectivity index (χ4v) is 2.08. The molecule has 0 atom stereocenters. The second-order valence-corrected chi connectivity index (χ2v) is 4.49. The Kier molecular flexibility index (Phi) is 6.92. The second kappa shape index (κ2) is 7.14. The van der Waals surface area contributed by atoms with Gasteiger partial charge in [0.05, 0.1) is 39.6 Å². The highest BCUT2D eigenvalue weighted by Crippen LogP contribution is 2.25. The Labute approximate surface area is 110 Å². The third kappa shape index (κ3) is 2.88. The Bertz CT molecular complexity index is 233. The van der Waals surface area contributed by atoms with Gasteiger partial charge in [-0.3, -0.25) is 0 Å². The Morgan fingerprint density at radius 3 is 1.11 bits per heavy atom. The zero-order valence-corrected chi connectivity index (χ0v) is 10.7. The van der Waals surface area contributed by atoms with Crippen molar-refractivity contribution in [3.63, 3.8) is 0 Å². The van der Waals surface area contributed by atoms with Gasteiger partial charge in [0.1, 0.15) is 11.1 Å². The van der Waals surface area contributed by atoms with Crippen LogP contribution in [0, 0.1) is 0 Å². The summed E-state index contributed by atoms with van der Waals surface area (Å²) in [4.78, 5) is 0.884. The fourth-order valence-electron chi connectivity index (χ4n) is 1.69. The normalized spacial score (nSPS) is 12.6. The summed E-state index contributed by atoms with van der Waals surface area (Å²) in [7, 11) is 0. The molecule has 8 N–H and O–H groups in total. The lowest BCUT2D eigenvalue weighted by Crippen LogP contribution is -2.72. The van der Waals surface area contributed by atoms with Gasteiger partial charge in [-0.05, 0) is 12.2 Å². The van der Waals surface area contributed by atoms with Crippen molar-refractivity contribution < 1.29 is 30.6 Å². The Balaban J connectivity index is 5.73. The SMILES string of the molecule is NC(=S)N(C(CO)(CO)CO)C(CO)(CO)CO. The standard InChI is InChI=1S/C9H20N2O6S/c10-7(18)11(8(1-12,2-13)3-14)9(4-15,5-16)6-17/h12-17H,1-6H2,(H2,10,18). The van der Waals surface area contributed by atoms with Crippen molar-refractivity contribution in [2.75, 3.05) is 39.6 Å². The quantitative estimate of drug-likeness (QED) is 0.221. The minimum Gasteiger partial charge on any atom is -0.394 e. The average molecular weight is 284 g/mol. The second-order valence-electron chi connectivity index (χ2n) is 4.07. The first-order valence-corrected chi connectivity index (χ1v) is 5.59. The summed E-state index contributed by atoms with van der Waals surface area (Å²) in [5, 5.41) is 55.6. The Hall–Kier alpha value is -0.550. The van der Waals surface area contributed by atoms with Crippen molar-refractivity contribution in [3.8, 4) is 0 Å². The molecule has 18 heavy (non-hydrogen) atoms. The van der Waals surface area contributed by atoms with Gasteiger partial charge in [0.15, 0.2) is 5.11 Å². The third-order valence-electron chi connectivity index (χ3n) is 2.93. The molecule has 0 heterocycles. The molecule has 0 aliphatic carbocycles. The molecule has 0 saturated heterocycles. The van der Waals surface area contributed by atoms with E-state index in [9.17, 15) is 30.6 Å². The van der Waals surface area contributed by atoms with Gasteiger partial charge in [0.2, 0.25) is 0 Å². The van der Waals surface area contributed by atoms with E-state index in [1.54, 1.807) is 0 Å². The van der Waals surface area contributed by atoms with E-state index in [2.05, 4.69) is 0 Å². The van der Waals surface area contributed by atoms with Gasteiger partial charge in [-0.1, -0.05) is 0 Å². The van der Waals surface area contributed by atoms with Gasteiger partial charge in [-0.2, -0.15) is 0 Å². The molecule has 0 aromatic heterocycles. The predicted octanol–water partition coefficient (Wildman–Crippen LogP) is -4.04. The van der Waals surface area contributed by atoms with Crippen LogP contribution in [0.25, 0.3) is 0 Å². The highest BCUT2D eigenvalue weighted by molar-refractivity contribution is 7.80. The van der Waals surface area contributed by atoms with Crippen LogP contribution in [0.2, 0.25) is 0 Å². The number of thiocarbonyl (C=S) groups is 1. The Morgan fingerprint density at radius 1 is 0.778 bits per heavy atom. The Morgan fingerprint density at radius 2 is 1.00 bits per heavy atom. The lowest BCUT2D eigenvalue weighted by molar-refractivity contribution is -0.105. The van der Waals surface area contributed by atoms with Crippen molar-refractivity contribution in [1.29, 1.82) is 0 Å². The van der Waals surface area contributed by atoms with E-state index in [1.807, 2.05) is 0 Å². The maximum Gasteiger partial charge on any atom is 0.167 e. The molecule has 0 radical (unpaired) electrons. The van der Waals surface area contributed by atoms with Gasteiger partial charge in [-0.25, -0.2) is 0 Å². The van der Waals surface area contributed by atoms with Crippen LogP contribution in [0.4, 0.5) is 0 Å². The minimum atomic E-state index is -1.69. The van der Waals surface area contributed by atoms with Crippen LogP contribution >= 0.6 is 12.2 Å². The van der Waals surface area contributed by atoms with E-state index < -0.39 is 50.7 Å². The molecule has 0 spiro atoms. The first-order chi connectivity index (χ1) is 8.43. The third-order valence-corrected chi connectivity index (χ3v) is 3.12. The number of aliphatic hydroxyl groups excluding tert-OH is 6. The fraction of sp³-hybridized carbons (Fsp3) is 0.889. The van der Waals surface area contributed by atoms with Crippen LogP contribution in [0.3, 0.4) is 0 Å². The molecule has 0 amide bonds. The van der Waals surface area contributed by atoms with Gasteiger partial charge in [0.25, 0.3) is 0 Å². The number of hydrogen-bond donors (Lipinski definition) is 7. The van der Waals surface area contributed by atoms with Crippen molar-refractivity contribution >= 4 is 17.3 Å². The lowest BCUT2D eigenvalue weighted by Gasteiger charge is -2.50. The van der Waals surface area contributed by atoms with Crippen LogP contribution in [-0.2, 0) is 0 Å². The molecule has 0 saturated carbocycles. The number of hydrogen-bond acceptors (Lipinski definition) is 7. The smallest absolute Gasteiger partial charge is 0.167 e. The summed E-state index contributed by atoms with van der Waals surface area (Å²) >= 11 is 4.75.